The molecule has 1 N–H and O–H groups in total. The fraction of sp³-hybridized carbons (Fsp3) is 0.421. The average molecular weight is 375 g/mol. The molecule has 1 atom stereocenters. The summed E-state index contributed by atoms with van der Waals surface area (Å²) >= 11 is 0. The number of allylic oxidation sites excluding steroid dienone is 3. The van der Waals surface area contributed by atoms with Gasteiger partial charge in [-0.25, -0.2) is 16.8 Å². The minimum absolute atomic E-state index is 0.183. The molecule has 138 valence electrons. The van der Waals surface area contributed by atoms with Gasteiger partial charge in [-0.05, 0) is 69.5 Å². The summed E-state index contributed by atoms with van der Waals surface area (Å²) in [5.41, 5.74) is 2.07. The van der Waals surface area contributed by atoms with Gasteiger partial charge in [0.25, 0.3) is 10.0 Å². The maximum Gasteiger partial charge on any atom is 0.251 e. The molecule has 5 nitrogen and oxygen atoms in total. The van der Waals surface area contributed by atoms with Crippen LogP contribution in [0, 0.1) is 5.92 Å². The third kappa shape index (κ3) is 2.61. The van der Waals surface area contributed by atoms with E-state index in [1.165, 1.54) is 23.2 Å². The molecule has 1 saturated heterocycles. The van der Waals surface area contributed by atoms with Crippen LogP contribution in [0.2, 0.25) is 0 Å². The molecular weight excluding hydrogens is 353 g/mol. The minimum Gasteiger partial charge on any atom is -0.317 e. The van der Waals surface area contributed by atoms with Gasteiger partial charge in [-0.1, -0.05) is 11.6 Å². The van der Waals surface area contributed by atoms with Crippen LogP contribution in [-0.4, -0.2) is 35.2 Å². The van der Waals surface area contributed by atoms with Crippen molar-refractivity contribution in [3.63, 3.8) is 0 Å². The monoisotopic (exact) mass is 375 g/mol. The van der Waals surface area contributed by atoms with Gasteiger partial charge < -0.3 is 5.32 Å². The molecule has 1 aliphatic carbocycles. The summed E-state index contributed by atoms with van der Waals surface area (Å²) in [7, 11) is -3.99. The summed E-state index contributed by atoms with van der Waals surface area (Å²) in [5, 5.41) is 3.31. The van der Waals surface area contributed by atoms with Gasteiger partial charge in [0.1, 0.15) is 10.6 Å². The smallest absolute Gasteiger partial charge is 0.251 e. The SMILES string of the molecule is CC1(S(=O)(=O)n2ccc3ncccc32)CC(C2CCNCC2)=CC=C1F. The highest BCUT2D eigenvalue weighted by molar-refractivity contribution is 7.91. The van der Waals surface area contributed by atoms with Gasteiger partial charge >= 0.3 is 0 Å². The summed E-state index contributed by atoms with van der Waals surface area (Å²) in [4.78, 5) is 4.18. The zero-order chi connectivity index (χ0) is 18.4. The number of rotatable bonds is 3. The maximum absolute atomic E-state index is 14.9. The number of nitrogens with one attached hydrogen (secondary N) is 1. The molecule has 1 aliphatic heterocycles. The summed E-state index contributed by atoms with van der Waals surface area (Å²) in [5.74, 6) is -0.306. The van der Waals surface area contributed by atoms with Gasteiger partial charge in [0, 0.05) is 12.4 Å². The van der Waals surface area contributed by atoms with Crippen molar-refractivity contribution in [3.8, 4) is 0 Å². The van der Waals surface area contributed by atoms with Crippen LogP contribution in [0.5, 0.6) is 0 Å². The first-order chi connectivity index (χ1) is 12.4. The summed E-state index contributed by atoms with van der Waals surface area (Å²) in [6, 6.07) is 5.02. The molecule has 26 heavy (non-hydrogen) atoms. The van der Waals surface area contributed by atoms with E-state index >= 15 is 0 Å². The number of pyridine rings is 1. The van der Waals surface area contributed by atoms with Gasteiger partial charge in [-0.2, -0.15) is 0 Å². The van der Waals surface area contributed by atoms with Crippen LogP contribution >= 0.6 is 0 Å². The molecule has 1 fully saturated rings. The van der Waals surface area contributed by atoms with Gasteiger partial charge in [-0.15, -0.1) is 0 Å². The molecule has 1 unspecified atom stereocenters. The Labute approximate surface area is 152 Å². The Hall–Kier alpha value is -1.99. The molecule has 3 heterocycles. The van der Waals surface area contributed by atoms with Crippen molar-refractivity contribution in [1.29, 1.82) is 0 Å². The number of hydrogen-bond donors (Lipinski definition) is 1. The van der Waals surface area contributed by atoms with Crippen LogP contribution in [0.1, 0.15) is 26.2 Å². The van der Waals surface area contributed by atoms with E-state index in [0.717, 1.165) is 31.5 Å². The number of piperidine rings is 1. The third-order valence-electron chi connectivity index (χ3n) is 5.60. The number of halogens is 1. The molecule has 0 spiro atoms. The highest BCUT2D eigenvalue weighted by Gasteiger charge is 2.47. The number of fused-ring (bicyclic) bond motifs is 1. The zero-order valence-electron chi connectivity index (χ0n) is 14.7. The molecule has 0 aromatic carbocycles. The average Bonchev–Trinajstić information content (AvgIpc) is 3.09. The van der Waals surface area contributed by atoms with Crippen LogP contribution in [0.25, 0.3) is 11.0 Å². The van der Waals surface area contributed by atoms with Gasteiger partial charge in [0.15, 0.2) is 0 Å². The summed E-state index contributed by atoms with van der Waals surface area (Å²) in [6.45, 7) is 3.31. The molecule has 2 aromatic rings. The van der Waals surface area contributed by atoms with E-state index in [2.05, 4.69) is 10.3 Å². The van der Waals surface area contributed by atoms with E-state index in [0.29, 0.717) is 17.0 Å². The highest BCUT2D eigenvalue weighted by atomic mass is 32.2. The topological polar surface area (TPSA) is 64.0 Å². The second kappa shape index (κ2) is 6.32. The van der Waals surface area contributed by atoms with E-state index in [1.807, 2.05) is 0 Å². The Morgan fingerprint density at radius 2 is 2.04 bits per heavy atom. The van der Waals surface area contributed by atoms with Crippen LogP contribution < -0.4 is 5.32 Å². The molecule has 0 amide bonds. The molecule has 4 rings (SSSR count). The minimum atomic E-state index is -3.99. The van der Waals surface area contributed by atoms with Crippen LogP contribution in [0.4, 0.5) is 4.39 Å². The first kappa shape index (κ1) is 17.4. The lowest BCUT2D eigenvalue weighted by atomic mass is 9.81. The second-order valence-electron chi connectivity index (χ2n) is 7.21. The second-order valence-corrected chi connectivity index (χ2v) is 9.46. The normalized spacial score (nSPS) is 25.2. The molecule has 0 saturated carbocycles. The Bertz CT molecular complexity index is 1000. The molecular formula is C19H22FN3O2S. The van der Waals surface area contributed by atoms with Gasteiger partial charge in [0.05, 0.1) is 11.0 Å². The Balaban J connectivity index is 1.75. The van der Waals surface area contributed by atoms with Crippen molar-refractivity contribution in [3.05, 3.63) is 54.1 Å². The number of nitrogens with zero attached hydrogens (tertiary/aromatic N) is 2. The fourth-order valence-corrected chi connectivity index (χ4v) is 5.68. The maximum atomic E-state index is 14.9. The highest BCUT2D eigenvalue weighted by Crippen LogP contribution is 2.42. The van der Waals surface area contributed by atoms with Gasteiger partial charge in [0.2, 0.25) is 0 Å². The summed E-state index contributed by atoms with van der Waals surface area (Å²) < 4.78 is 41.3. The quantitative estimate of drug-likeness (QED) is 0.895. The third-order valence-corrected chi connectivity index (χ3v) is 7.92. The predicted molar refractivity (Wildman–Crippen MR) is 99.9 cm³/mol. The molecule has 0 bridgehead atoms. The first-order valence-corrected chi connectivity index (χ1v) is 10.3. The van der Waals surface area contributed by atoms with Crippen molar-refractivity contribution in [2.45, 2.75) is 30.9 Å². The Morgan fingerprint density at radius 3 is 2.81 bits per heavy atom. The largest absolute Gasteiger partial charge is 0.317 e. The van der Waals surface area contributed by atoms with Crippen molar-refractivity contribution in [1.82, 2.24) is 14.3 Å². The standard InChI is InChI=1S/C19H22FN3O2S/c1-19(13-15(4-5-18(19)20)14-6-10-21-11-7-14)26(24,25)23-12-8-16-17(23)3-2-9-22-16/h2-5,8-9,12,14,21H,6-7,10-11,13H2,1H3. The molecule has 7 heteroatoms. The van der Waals surface area contributed by atoms with Crippen LogP contribution in [-0.2, 0) is 10.0 Å². The van der Waals surface area contributed by atoms with Crippen molar-refractivity contribution < 1.29 is 12.8 Å². The van der Waals surface area contributed by atoms with E-state index < -0.39 is 20.6 Å². The first-order valence-electron chi connectivity index (χ1n) is 8.88. The number of aromatic nitrogens is 2. The Kier molecular flexibility index (Phi) is 4.23. The lowest BCUT2D eigenvalue weighted by molar-refractivity contribution is 0.390. The zero-order valence-corrected chi connectivity index (χ0v) is 15.5. The van der Waals surface area contributed by atoms with Crippen molar-refractivity contribution in [2.75, 3.05) is 13.1 Å². The number of hydrogen-bond acceptors (Lipinski definition) is 4. The predicted octanol–water partition coefficient (Wildman–Crippen LogP) is 3.16. The van der Waals surface area contributed by atoms with E-state index in [9.17, 15) is 12.8 Å². The molecule has 2 aromatic heterocycles. The summed E-state index contributed by atoms with van der Waals surface area (Å²) in [6.07, 6.45) is 8.28. The van der Waals surface area contributed by atoms with Crippen LogP contribution in [0.3, 0.4) is 0 Å². The van der Waals surface area contributed by atoms with Crippen LogP contribution in [0.15, 0.2) is 54.1 Å². The Morgan fingerprint density at radius 1 is 1.27 bits per heavy atom. The van der Waals surface area contributed by atoms with E-state index in [-0.39, 0.29) is 6.42 Å². The van der Waals surface area contributed by atoms with Crippen molar-refractivity contribution >= 4 is 21.1 Å². The molecule has 2 aliphatic rings. The lowest BCUT2D eigenvalue weighted by Crippen LogP contribution is -2.42. The molecule has 0 radical (unpaired) electrons. The van der Waals surface area contributed by atoms with Crippen molar-refractivity contribution in [2.24, 2.45) is 5.92 Å². The van der Waals surface area contributed by atoms with E-state index in [4.69, 9.17) is 0 Å². The fourth-order valence-electron chi connectivity index (χ4n) is 3.95. The van der Waals surface area contributed by atoms with Gasteiger partial charge in [-0.3, -0.25) is 4.98 Å². The van der Waals surface area contributed by atoms with E-state index in [1.54, 1.807) is 30.5 Å². The lowest BCUT2D eigenvalue weighted by Gasteiger charge is -2.35.